The normalized spacial score (nSPS) is 25.1. The number of carbonyl (C=O) groups excluding carboxylic acids is 2. The predicted molar refractivity (Wildman–Crippen MR) is 86.2 cm³/mol. The van der Waals surface area contributed by atoms with Crippen molar-refractivity contribution in [1.82, 2.24) is 5.32 Å². The topological polar surface area (TPSA) is 55.4 Å². The van der Waals surface area contributed by atoms with Crippen molar-refractivity contribution in [3.8, 4) is 11.1 Å². The minimum absolute atomic E-state index is 0.00349. The molecule has 23 heavy (non-hydrogen) atoms. The fourth-order valence-corrected chi connectivity index (χ4v) is 3.44. The van der Waals surface area contributed by atoms with E-state index in [9.17, 15) is 9.59 Å². The van der Waals surface area contributed by atoms with Crippen LogP contribution in [0.3, 0.4) is 0 Å². The summed E-state index contributed by atoms with van der Waals surface area (Å²) in [5.41, 5.74) is 4.07. The largest absolute Gasteiger partial charge is 0.446 e. The zero-order valence-electron chi connectivity index (χ0n) is 12.8. The Morgan fingerprint density at radius 3 is 2.17 bits per heavy atom. The van der Waals surface area contributed by atoms with Crippen molar-refractivity contribution in [1.29, 1.82) is 0 Å². The quantitative estimate of drug-likeness (QED) is 0.735. The molecule has 1 aromatic rings. The molecular formula is C19H17NO3. The van der Waals surface area contributed by atoms with Crippen LogP contribution in [0.25, 0.3) is 11.1 Å². The molecule has 1 N–H and O–H groups in total. The van der Waals surface area contributed by atoms with Gasteiger partial charge in [-0.15, -0.1) is 0 Å². The van der Waals surface area contributed by atoms with E-state index < -0.39 is 0 Å². The van der Waals surface area contributed by atoms with Crippen LogP contribution in [0.15, 0.2) is 48.5 Å². The molecule has 2 heterocycles. The van der Waals surface area contributed by atoms with Gasteiger partial charge in [0.2, 0.25) is 0 Å². The average Bonchev–Trinajstić information content (AvgIpc) is 2.50. The van der Waals surface area contributed by atoms with Crippen LogP contribution in [0.5, 0.6) is 0 Å². The lowest BCUT2D eigenvalue weighted by Gasteiger charge is -2.52. The Kier molecular flexibility index (Phi) is 3.01. The molecule has 1 aromatic carbocycles. The summed E-state index contributed by atoms with van der Waals surface area (Å²) in [7, 11) is 0. The Labute approximate surface area is 134 Å². The number of nitrogens with one attached hydrogen (secondary N) is 1. The zero-order valence-corrected chi connectivity index (χ0v) is 12.8. The van der Waals surface area contributed by atoms with Crippen LogP contribution in [0.1, 0.15) is 35.7 Å². The summed E-state index contributed by atoms with van der Waals surface area (Å²) in [6, 6.07) is 15.9. The van der Waals surface area contributed by atoms with Crippen LogP contribution >= 0.6 is 0 Å². The fraction of sp³-hybridized carbons (Fsp3) is 0.263. The molecule has 2 bridgehead atoms. The van der Waals surface area contributed by atoms with E-state index >= 15 is 0 Å². The van der Waals surface area contributed by atoms with Crippen molar-refractivity contribution < 1.29 is 14.3 Å². The molecule has 4 heteroatoms. The molecule has 0 atom stereocenters. The van der Waals surface area contributed by atoms with Gasteiger partial charge < -0.3 is 10.1 Å². The Morgan fingerprint density at radius 1 is 1.09 bits per heavy atom. The summed E-state index contributed by atoms with van der Waals surface area (Å²) < 4.78 is 5.06. The number of Topliss-reactive ketones (excluding diaryl/α,β-unsaturated/α-hetero) is 1. The second-order valence-corrected chi connectivity index (χ2v) is 6.32. The third-order valence-electron chi connectivity index (χ3n) is 4.81. The molecule has 4 nitrogen and oxygen atoms in total. The predicted octanol–water partition coefficient (Wildman–Crippen LogP) is 3.65. The number of fused-ring (bicyclic) bond motifs is 3. The maximum absolute atomic E-state index is 11.6. The number of carbonyl (C=O) groups is 2. The van der Waals surface area contributed by atoms with Gasteiger partial charge in [0.25, 0.3) is 0 Å². The summed E-state index contributed by atoms with van der Waals surface area (Å²) >= 11 is 0. The molecular weight excluding hydrogens is 290 g/mol. The number of ketones is 1. The number of hydrogen-bond donors (Lipinski definition) is 1. The van der Waals surface area contributed by atoms with Gasteiger partial charge in [-0.05, 0) is 23.6 Å². The van der Waals surface area contributed by atoms with Gasteiger partial charge in [0.05, 0.1) is 5.54 Å². The molecule has 116 valence electrons. The molecule has 3 aliphatic carbocycles. The Morgan fingerprint density at radius 2 is 1.70 bits per heavy atom. The van der Waals surface area contributed by atoms with Crippen molar-refractivity contribution in [2.24, 2.45) is 0 Å². The fourth-order valence-electron chi connectivity index (χ4n) is 3.44. The molecule has 6 rings (SSSR count). The van der Waals surface area contributed by atoms with Crippen molar-refractivity contribution in [2.75, 3.05) is 0 Å². The van der Waals surface area contributed by atoms with Crippen molar-refractivity contribution in [3.63, 3.8) is 0 Å². The highest BCUT2D eigenvalue weighted by molar-refractivity contribution is 5.96. The third kappa shape index (κ3) is 2.22. The van der Waals surface area contributed by atoms with Gasteiger partial charge in [0.15, 0.2) is 5.78 Å². The first-order chi connectivity index (χ1) is 11.1. The molecule has 0 aromatic heterocycles. The Balaban J connectivity index is 0.000000186. The summed E-state index contributed by atoms with van der Waals surface area (Å²) in [4.78, 5) is 23.0. The standard InChI is InChI=1S/C13H13NO3.C6H4/c1-8(15)10-4-2-3-5-11(10)13-6-9(7-13)17-12(16)14-13;1-2-6-4-3-5(1)6/h2-5,9H,6-7H2,1H3,(H,14,16);1-4H. The number of hydrogen-bond acceptors (Lipinski definition) is 3. The monoisotopic (exact) mass is 307 g/mol. The lowest BCUT2D eigenvalue weighted by Crippen LogP contribution is -2.64. The molecule has 0 unspecified atom stereocenters. The Hall–Kier alpha value is -2.62. The van der Waals surface area contributed by atoms with E-state index in [0.717, 1.165) is 18.4 Å². The number of rotatable bonds is 2. The molecule has 1 amide bonds. The van der Waals surface area contributed by atoms with Crippen molar-refractivity contribution in [2.45, 2.75) is 31.4 Å². The first-order valence-electron chi connectivity index (χ1n) is 7.77. The zero-order chi connectivity index (χ0) is 16.0. The molecule has 0 spiro atoms. The highest BCUT2D eigenvalue weighted by Crippen LogP contribution is 2.47. The van der Waals surface area contributed by atoms with Crippen LogP contribution in [0.4, 0.5) is 4.79 Å². The van der Waals surface area contributed by atoms with Crippen molar-refractivity contribution >= 4 is 11.9 Å². The van der Waals surface area contributed by atoms with Gasteiger partial charge in [-0.3, -0.25) is 4.79 Å². The van der Waals surface area contributed by atoms with E-state index in [0.29, 0.717) is 5.56 Å². The summed E-state index contributed by atoms with van der Waals surface area (Å²) in [5.74, 6) is 0.0270. The molecule has 2 saturated heterocycles. The summed E-state index contributed by atoms with van der Waals surface area (Å²) in [6.45, 7) is 1.55. The lowest BCUT2D eigenvalue weighted by atomic mass is 9.67. The van der Waals surface area contributed by atoms with Gasteiger partial charge in [-0.1, -0.05) is 48.5 Å². The highest BCUT2D eigenvalue weighted by atomic mass is 16.6. The van der Waals surface area contributed by atoms with Crippen LogP contribution < -0.4 is 5.32 Å². The van der Waals surface area contributed by atoms with Crippen LogP contribution in [0.2, 0.25) is 0 Å². The Bertz CT molecular complexity index is 768. The van der Waals surface area contributed by atoms with Gasteiger partial charge in [0.1, 0.15) is 6.10 Å². The van der Waals surface area contributed by atoms with E-state index in [1.165, 1.54) is 11.1 Å². The number of ether oxygens (including phenoxy) is 1. The molecule has 5 aliphatic rings. The minimum Gasteiger partial charge on any atom is -0.446 e. The maximum Gasteiger partial charge on any atom is 0.408 e. The minimum atomic E-state index is -0.387. The van der Waals surface area contributed by atoms with Crippen LogP contribution in [-0.2, 0) is 10.3 Å². The first-order valence-corrected chi connectivity index (χ1v) is 7.77. The molecule has 0 radical (unpaired) electrons. The van der Waals surface area contributed by atoms with E-state index in [4.69, 9.17) is 4.74 Å². The van der Waals surface area contributed by atoms with E-state index in [-0.39, 0.29) is 23.5 Å². The van der Waals surface area contributed by atoms with Crippen molar-refractivity contribution in [3.05, 3.63) is 59.7 Å². The number of benzene rings is 2. The van der Waals surface area contributed by atoms with Crippen LogP contribution in [-0.4, -0.2) is 18.0 Å². The van der Waals surface area contributed by atoms with E-state index in [1.807, 2.05) is 18.2 Å². The summed E-state index contributed by atoms with van der Waals surface area (Å²) in [6.07, 6.45) is 1.13. The van der Waals surface area contributed by atoms with Gasteiger partial charge in [0, 0.05) is 18.4 Å². The number of amides is 1. The first kappa shape index (κ1) is 14.0. The van der Waals surface area contributed by atoms with Gasteiger partial charge >= 0.3 is 6.09 Å². The molecule has 1 saturated carbocycles. The highest BCUT2D eigenvalue weighted by Gasteiger charge is 2.54. The molecule has 2 aliphatic heterocycles. The lowest BCUT2D eigenvalue weighted by molar-refractivity contribution is -0.0590. The smallest absolute Gasteiger partial charge is 0.408 e. The van der Waals surface area contributed by atoms with Gasteiger partial charge in [-0.25, -0.2) is 4.79 Å². The van der Waals surface area contributed by atoms with E-state index in [1.54, 1.807) is 13.0 Å². The number of alkyl carbamates (subject to hydrolysis) is 1. The maximum atomic E-state index is 11.6. The average molecular weight is 307 g/mol. The van der Waals surface area contributed by atoms with Crippen LogP contribution in [0, 0.1) is 0 Å². The van der Waals surface area contributed by atoms with E-state index in [2.05, 4.69) is 29.6 Å². The van der Waals surface area contributed by atoms with Gasteiger partial charge in [-0.2, -0.15) is 0 Å². The third-order valence-corrected chi connectivity index (χ3v) is 4.81. The summed E-state index contributed by atoms with van der Waals surface area (Å²) in [5, 5.41) is 2.86. The molecule has 3 fully saturated rings. The SMILES string of the molecule is CC(=O)c1ccccc1C12CC(C1)OC(=O)N2.c1cc2ccc1-2. The second-order valence-electron chi connectivity index (χ2n) is 6.32. The second kappa shape index (κ2) is 4.95.